The van der Waals surface area contributed by atoms with Gasteiger partial charge in [0.25, 0.3) is 5.91 Å². The van der Waals surface area contributed by atoms with E-state index in [0.29, 0.717) is 17.3 Å². The Labute approximate surface area is 118 Å². The van der Waals surface area contributed by atoms with Gasteiger partial charge >= 0.3 is 0 Å². The number of carbonyl (C=O) groups excluding carboxylic acids is 1. The van der Waals surface area contributed by atoms with Gasteiger partial charge in [-0.3, -0.25) is 4.79 Å². The molecule has 4 nitrogen and oxygen atoms in total. The Morgan fingerprint density at radius 1 is 1.37 bits per heavy atom. The van der Waals surface area contributed by atoms with Crippen LogP contribution >= 0.6 is 11.6 Å². The first-order chi connectivity index (χ1) is 9.15. The van der Waals surface area contributed by atoms with Gasteiger partial charge in [0, 0.05) is 18.2 Å². The lowest BCUT2D eigenvalue weighted by atomic mass is 9.74. The standard InChI is InChI=1S/C14H19ClN2O2/c15-11-4-5-12(16-8-11)13(19)17-9-14(10-18)6-2-1-3-7-14/h4-5,8,18H,1-3,6-7,9-10H2,(H,17,19). The maximum atomic E-state index is 12.0. The summed E-state index contributed by atoms with van der Waals surface area (Å²) in [4.78, 5) is 15.9. The van der Waals surface area contributed by atoms with Crippen LogP contribution in [0, 0.1) is 5.41 Å². The second-order valence-corrected chi connectivity index (χ2v) is 5.70. The number of carbonyl (C=O) groups is 1. The molecule has 2 N–H and O–H groups in total. The highest BCUT2D eigenvalue weighted by atomic mass is 35.5. The van der Waals surface area contributed by atoms with E-state index in [0.717, 1.165) is 25.7 Å². The Kier molecular flexibility index (Phi) is 4.77. The zero-order chi connectivity index (χ0) is 13.7. The predicted molar refractivity (Wildman–Crippen MR) is 74.2 cm³/mol. The lowest BCUT2D eigenvalue weighted by Gasteiger charge is -2.35. The largest absolute Gasteiger partial charge is 0.396 e. The molecule has 1 aliphatic carbocycles. The number of aromatic nitrogens is 1. The SMILES string of the molecule is O=C(NCC1(CO)CCCCC1)c1ccc(Cl)cn1. The zero-order valence-corrected chi connectivity index (χ0v) is 11.6. The van der Waals surface area contributed by atoms with Crippen molar-refractivity contribution in [3.05, 3.63) is 29.0 Å². The quantitative estimate of drug-likeness (QED) is 0.891. The monoisotopic (exact) mass is 282 g/mol. The van der Waals surface area contributed by atoms with Gasteiger partial charge in [-0.05, 0) is 25.0 Å². The van der Waals surface area contributed by atoms with E-state index in [2.05, 4.69) is 10.3 Å². The number of aliphatic hydroxyl groups excluding tert-OH is 1. The molecule has 1 fully saturated rings. The average molecular weight is 283 g/mol. The molecule has 0 atom stereocenters. The summed E-state index contributed by atoms with van der Waals surface area (Å²) in [5.41, 5.74) is 0.202. The fraction of sp³-hybridized carbons (Fsp3) is 0.571. The number of hydrogen-bond acceptors (Lipinski definition) is 3. The third-order valence-corrected chi connectivity index (χ3v) is 4.06. The fourth-order valence-electron chi connectivity index (χ4n) is 2.56. The van der Waals surface area contributed by atoms with Gasteiger partial charge in [-0.1, -0.05) is 30.9 Å². The van der Waals surface area contributed by atoms with Gasteiger partial charge in [0.15, 0.2) is 0 Å². The molecule has 5 heteroatoms. The van der Waals surface area contributed by atoms with E-state index in [9.17, 15) is 9.90 Å². The van der Waals surface area contributed by atoms with Gasteiger partial charge in [-0.15, -0.1) is 0 Å². The number of hydrogen-bond donors (Lipinski definition) is 2. The van der Waals surface area contributed by atoms with Crippen molar-refractivity contribution in [2.24, 2.45) is 5.41 Å². The van der Waals surface area contributed by atoms with Crippen molar-refractivity contribution in [3.8, 4) is 0 Å². The Morgan fingerprint density at radius 2 is 2.11 bits per heavy atom. The Bertz CT molecular complexity index is 428. The number of halogens is 1. The molecule has 0 aliphatic heterocycles. The molecule has 19 heavy (non-hydrogen) atoms. The van der Waals surface area contributed by atoms with Crippen molar-refractivity contribution in [1.29, 1.82) is 0 Å². The molecule has 2 rings (SSSR count). The van der Waals surface area contributed by atoms with Gasteiger partial charge in [-0.25, -0.2) is 4.98 Å². The normalized spacial score (nSPS) is 18.0. The lowest BCUT2D eigenvalue weighted by molar-refractivity contribution is 0.0715. The molecule has 0 radical (unpaired) electrons. The molecule has 1 aromatic rings. The van der Waals surface area contributed by atoms with E-state index in [-0.39, 0.29) is 17.9 Å². The summed E-state index contributed by atoms with van der Waals surface area (Å²) in [6.07, 6.45) is 6.86. The molecule has 104 valence electrons. The van der Waals surface area contributed by atoms with E-state index in [1.807, 2.05) is 0 Å². The van der Waals surface area contributed by atoms with E-state index in [1.165, 1.54) is 12.6 Å². The number of amides is 1. The highest BCUT2D eigenvalue weighted by molar-refractivity contribution is 6.30. The molecule has 0 spiro atoms. The number of rotatable bonds is 4. The third kappa shape index (κ3) is 3.67. The molecule has 1 aromatic heterocycles. The van der Waals surface area contributed by atoms with E-state index in [1.54, 1.807) is 12.1 Å². The highest BCUT2D eigenvalue weighted by Crippen LogP contribution is 2.35. The minimum Gasteiger partial charge on any atom is -0.396 e. The van der Waals surface area contributed by atoms with Crippen molar-refractivity contribution < 1.29 is 9.90 Å². The molecular formula is C14H19ClN2O2. The van der Waals surface area contributed by atoms with Crippen LogP contribution in [0.2, 0.25) is 5.02 Å². The topological polar surface area (TPSA) is 62.2 Å². The Hall–Kier alpha value is -1.13. The van der Waals surface area contributed by atoms with Crippen LogP contribution in [0.1, 0.15) is 42.6 Å². The first kappa shape index (κ1) is 14.3. The summed E-state index contributed by atoms with van der Waals surface area (Å²) in [6.45, 7) is 0.633. The number of pyridine rings is 1. The molecule has 1 aliphatic rings. The van der Waals surface area contributed by atoms with Gasteiger partial charge < -0.3 is 10.4 Å². The molecule has 1 saturated carbocycles. The van der Waals surface area contributed by atoms with Gasteiger partial charge in [0.2, 0.25) is 0 Å². The summed E-state index contributed by atoms with van der Waals surface area (Å²) in [5, 5.41) is 13.0. The first-order valence-corrected chi connectivity index (χ1v) is 7.04. The summed E-state index contributed by atoms with van der Waals surface area (Å²) in [5.74, 6) is -0.213. The minimum atomic E-state index is -0.213. The molecule has 0 saturated heterocycles. The van der Waals surface area contributed by atoms with Crippen LogP contribution in [0.15, 0.2) is 18.3 Å². The molecular weight excluding hydrogens is 264 g/mol. The Morgan fingerprint density at radius 3 is 2.68 bits per heavy atom. The first-order valence-electron chi connectivity index (χ1n) is 6.66. The zero-order valence-electron chi connectivity index (χ0n) is 10.9. The van der Waals surface area contributed by atoms with Crippen molar-refractivity contribution in [2.75, 3.05) is 13.2 Å². The number of nitrogens with one attached hydrogen (secondary N) is 1. The lowest BCUT2D eigenvalue weighted by Crippen LogP contribution is -2.41. The average Bonchev–Trinajstić information content (AvgIpc) is 2.46. The van der Waals surface area contributed by atoms with Crippen molar-refractivity contribution in [1.82, 2.24) is 10.3 Å². The smallest absolute Gasteiger partial charge is 0.269 e. The van der Waals surface area contributed by atoms with Crippen LogP contribution < -0.4 is 5.32 Å². The fourth-order valence-corrected chi connectivity index (χ4v) is 2.67. The van der Waals surface area contributed by atoms with Gasteiger partial charge in [-0.2, -0.15) is 0 Å². The van der Waals surface area contributed by atoms with Crippen LogP contribution in [0.4, 0.5) is 0 Å². The maximum absolute atomic E-state index is 12.0. The van der Waals surface area contributed by atoms with Crippen molar-refractivity contribution >= 4 is 17.5 Å². The second-order valence-electron chi connectivity index (χ2n) is 5.26. The molecule has 0 aromatic carbocycles. The minimum absolute atomic E-state index is 0.126. The van der Waals surface area contributed by atoms with Gasteiger partial charge in [0.1, 0.15) is 5.69 Å². The summed E-state index contributed by atoms with van der Waals surface area (Å²) >= 11 is 5.73. The van der Waals surface area contributed by atoms with Crippen LogP contribution in [-0.2, 0) is 0 Å². The van der Waals surface area contributed by atoms with Crippen LogP contribution in [0.25, 0.3) is 0 Å². The molecule has 0 bridgehead atoms. The summed E-state index contributed by atoms with van der Waals surface area (Å²) in [7, 11) is 0. The van der Waals surface area contributed by atoms with Crippen LogP contribution in [0.3, 0.4) is 0 Å². The predicted octanol–water partition coefficient (Wildman–Crippen LogP) is 2.41. The Balaban J connectivity index is 1.93. The number of aliphatic hydroxyl groups is 1. The maximum Gasteiger partial charge on any atom is 0.269 e. The molecule has 1 heterocycles. The van der Waals surface area contributed by atoms with Crippen LogP contribution in [0.5, 0.6) is 0 Å². The summed E-state index contributed by atoms with van der Waals surface area (Å²) < 4.78 is 0. The van der Waals surface area contributed by atoms with Crippen LogP contribution in [-0.4, -0.2) is 29.1 Å². The third-order valence-electron chi connectivity index (χ3n) is 3.83. The molecule has 1 amide bonds. The van der Waals surface area contributed by atoms with Crippen molar-refractivity contribution in [2.45, 2.75) is 32.1 Å². The molecule has 0 unspecified atom stereocenters. The van der Waals surface area contributed by atoms with E-state index >= 15 is 0 Å². The number of nitrogens with zero attached hydrogens (tertiary/aromatic N) is 1. The van der Waals surface area contributed by atoms with Crippen molar-refractivity contribution in [3.63, 3.8) is 0 Å². The van der Waals surface area contributed by atoms with E-state index < -0.39 is 0 Å². The highest BCUT2D eigenvalue weighted by Gasteiger charge is 2.31. The van der Waals surface area contributed by atoms with Gasteiger partial charge in [0.05, 0.1) is 11.6 Å². The second kappa shape index (κ2) is 6.35. The van der Waals surface area contributed by atoms with E-state index in [4.69, 9.17) is 11.6 Å². The summed E-state index contributed by atoms with van der Waals surface area (Å²) in [6, 6.07) is 3.25.